The van der Waals surface area contributed by atoms with Gasteiger partial charge in [0.05, 0.1) is 11.6 Å². The second kappa shape index (κ2) is 9.46. The normalized spacial score (nSPS) is 12.6. The molecule has 0 bridgehead atoms. The van der Waals surface area contributed by atoms with E-state index in [9.17, 15) is 22.4 Å². The van der Waals surface area contributed by atoms with E-state index in [-0.39, 0.29) is 10.8 Å². The fourth-order valence-corrected chi connectivity index (χ4v) is 3.36. The lowest BCUT2D eigenvalue weighted by molar-refractivity contribution is -0.119. The molecule has 0 radical (unpaired) electrons. The monoisotopic (exact) mass is 497 g/mol. The van der Waals surface area contributed by atoms with Crippen molar-refractivity contribution in [2.75, 3.05) is 5.32 Å². The summed E-state index contributed by atoms with van der Waals surface area (Å²) in [6.07, 6.45) is -4.94. The molecule has 13 heteroatoms. The maximum Gasteiger partial charge on any atom is 0.283 e. The van der Waals surface area contributed by atoms with Crippen LogP contribution in [0.5, 0.6) is 0 Å². The van der Waals surface area contributed by atoms with E-state index < -0.39 is 41.2 Å². The molecular weight excluding hydrogens is 485 g/mol. The molecule has 1 atom stereocenters. The number of rotatable bonds is 7. The number of anilines is 1. The number of halogens is 7. The minimum Gasteiger partial charge on any atom is -0.306 e. The van der Waals surface area contributed by atoms with Crippen molar-refractivity contribution in [1.29, 1.82) is 0 Å². The fourth-order valence-electron chi connectivity index (χ4n) is 2.75. The summed E-state index contributed by atoms with van der Waals surface area (Å²) >= 11 is 17.6. The van der Waals surface area contributed by atoms with Gasteiger partial charge in [0.2, 0.25) is 5.91 Å². The highest BCUT2D eigenvalue weighted by molar-refractivity contribution is 6.33. The first-order chi connectivity index (χ1) is 14.6. The summed E-state index contributed by atoms with van der Waals surface area (Å²) in [6.45, 7) is 1.53. The maximum atomic E-state index is 13.3. The number of carbonyl (C=O) groups excluding carboxylic acids is 1. The lowest BCUT2D eigenvalue weighted by atomic mass is 10.2. The van der Waals surface area contributed by atoms with Crippen LogP contribution in [-0.4, -0.2) is 25.5 Å². The Balaban J connectivity index is 1.79. The number of aromatic nitrogens is 4. The highest BCUT2D eigenvalue weighted by Crippen LogP contribution is 2.36. The van der Waals surface area contributed by atoms with Gasteiger partial charge < -0.3 is 5.32 Å². The van der Waals surface area contributed by atoms with Crippen molar-refractivity contribution in [1.82, 2.24) is 19.6 Å². The molecule has 3 rings (SSSR count). The van der Waals surface area contributed by atoms with Crippen LogP contribution in [0.2, 0.25) is 15.1 Å². The third-order valence-electron chi connectivity index (χ3n) is 4.29. The molecule has 31 heavy (non-hydrogen) atoms. The average molecular weight is 499 g/mol. The van der Waals surface area contributed by atoms with Crippen LogP contribution in [0.3, 0.4) is 0 Å². The van der Waals surface area contributed by atoms with Crippen LogP contribution in [0.1, 0.15) is 42.8 Å². The van der Waals surface area contributed by atoms with Gasteiger partial charge in [-0.2, -0.15) is 10.2 Å². The van der Waals surface area contributed by atoms with Gasteiger partial charge in [-0.25, -0.2) is 22.2 Å². The number of benzene rings is 1. The van der Waals surface area contributed by atoms with E-state index >= 15 is 0 Å². The van der Waals surface area contributed by atoms with Crippen LogP contribution in [0, 0.1) is 0 Å². The van der Waals surface area contributed by atoms with Gasteiger partial charge in [-0.15, -0.1) is 0 Å². The van der Waals surface area contributed by atoms with Gasteiger partial charge in [0.15, 0.2) is 5.82 Å². The molecule has 166 valence electrons. The molecule has 0 spiro atoms. The molecule has 3 aromatic rings. The Morgan fingerprint density at radius 3 is 2.29 bits per heavy atom. The average Bonchev–Trinajstić information content (AvgIpc) is 3.22. The number of alkyl halides is 4. The quantitative estimate of drug-likeness (QED) is 0.397. The Morgan fingerprint density at radius 2 is 1.71 bits per heavy atom. The molecule has 0 aliphatic rings. The van der Waals surface area contributed by atoms with Gasteiger partial charge in [-0.3, -0.25) is 9.48 Å². The lowest BCUT2D eigenvalue weighted by Gasteiger charge is -2.15. The first kappa shape index (κ1) is 23.4. The smallest absolute Gasteiger partial charge is 0.283 e. The van der Waals surface area contributed by atoms with Gasteiger partial charge in [0, 0.05) is 11.2 Å². The molecule has 2 heterocycles. The minimum absolute atomic E-state index is 0.0292. The van der Waals surface area contributed by atoms with Crippen LogP contribution in [0.4, 0.5) is 23.4 Å². The second-order valence-corrected chi connectivity index (χ2v) is 7.67. The Bertz CT molecular complexity index is 1080. The molecule has 0 aliphatic carbocycles. The van der Waals surface area contributed by atoms with Crippen molar-refractivity contribution in [2.24, 2.45) is 0 Å². The van der Waals surface area contributed by atoms with E-state index in [1.807, 2.05) is 0 Å². The molecular formula is C18H14Cl3F4N5O. The Kier molecular flexibility index (Phi) is 7.13. The van der Waals surface area contributed by atoms with Crippen molar-refractivity contribution in [3.05, 3.63) is 62.5 Å². The molecule has 0 saturated carbocycles. The topological polar surface area (TPSA) is 64.7 Å². The van der Waals surface area contributed by atoms with Gasteiger partial charge >= 0.3 is 0 Å². The molecule has 6 nitrogen and oxygen atoms in total. The largest absolute Gasteiger partial charge is 0.306 e. The summed E-state index contributed by atoms with van der Waals surface area (Å²) in [5, 5.41) is 9.73. The number of nitrogens with one attached hydrogen (secondary N) is 1. The predicted octanol–water partition coefficient (Wildman–Crippen LogP) is 6.16. The Morgan fingerprint density at radius 1 is 1.06 bits per heavy atom. The summed E-state index contributed by atoms with van der Waals surface area (Å²) < 4.78 is 54.6. The number of nitrogens with zero attached hydrogens (tertiary/aromatic N) is 4. The molecule has 1 amide bonds. The molecule has 1 aromatic carbocycles. The molecule has 0 fully saturated rings. The van der Waals surface area contributed by atoms with Crippen LogP contribution in [0.15, 0.2) is 30.5 Å². The minimum atomic E-state index is -3.22. The van der Waals surface area contributed by atoms with E-state index in [0.717, 1.165) is 5.56 Å². The van der Waals surface area contributed by atoms with Crippen LogP contribution < -0.4 is 5.32 Å². The Labute approximate surface area is 188 Å². The van der Waals surface area contributed by atoms with E-state index in [1.54, 1.807) is 24.3 Å². The SMILES string of the molecule is CC(C(=O)Nc1nn(Cc2ccc(Cl)cc2)cc1Cl)n1nc(C(F)F)c(Cl)c1C(F)F. The summed E-state index contributed by atoms with van der Waals surface area (Å²) in [4.78, 5) is 12.6. The predicted molar refractivity (Wildman–Crippen MR) is 108 cm³/mol. The summed E-state index contributed by atoms with van der Waals surface area (Å²) in [6, 6.07) is 5.58. The zero-order chi connectivity index (χ0) is 22.9. The van der Waals surface area contributed by atoms with Crippen molar-refractivity contribution in [3.63, 3.8) is 0 Å². The highest BCUT2D eigenvalue weighted by Gasteiger charge is 2.32. The first-order valence-corrected chi connectivity index (χ1v) is 9.84. The van der Waals surface area contributed by atoms with E-state index in [0.29, 0.717) is 16.2 Å². The summed E-state index contributed by atoms with van der Waals surface area (Å²) in [7, 11) is 0. The van der Waals surface area contributed by atoms with E-state index in [4.69, 9.17) is 34.8 Å². The van der Waals surface area contributed by atoms with Crippen LogP contribution >= 0.6 is 34.8 Å². The number of hydrogen-bond acceptors (Lipinski definition) is 3. The first-order valence-electron chi connectivity index (χ1n) is 8.70. The fraction of sp³-hybridized carbons (Fsp3) is 0.278. The van der Waals surface area contributed by atoms with Gasteiger partial charge in [0.1, 0.15) is 22.5 Å². The standard InChI is InChI=1S/C18H14Cl3F4N5O/c1-8(30-14(16(24)25)12(21)13(27-30)15(22)23)18(31)26-17-11(20)7-29(28-17)6-9-2-4-10(19)5-3-9/h2-5,7-8,15-16H,6H2,1H3,(H,26,28,31). The molecule has 0 aliphatic heterocycles. The third-order valence-corrected chi connectivity index (χ3v) is 5.20. The van der Waals surface area contributed by atoms with Gasteiger partial charge in [0.25, 0.3) is 12.9 Å². The van der Waals surface area contributed by atoms with Gasteiger partial charge in [-0.05, 0) is 24.6 Å². The lowest BCUT2D eigenvalue weighted by Crippen LogP contribution is -2.26. The number of carbonyl (C=O) groups is 1. The Hall–Kier alpha value is -2.30. The van der Waals surface area contributed by atoms with Crippen molar-refractivity contribution in [2.45, 2.75) is 32.4 Å². The molecule has 0 saturated heterocycles. The molecule has 1 N–H and O–H groups in total. The maximum absolute atomic E-state index is 13.3. The summed E-state index contributed by atoms with van der Waals surface area (Å²) in [5.74, 6) is -0.876. The molecule has 1 unspecified atom stereocenters. The van der Waals surface area contributed by atoms with E-state index in [2.05, 4.69) is 15.5 Å². The van der Waals surface area contributed by atoms with Crippen molar-refractivity contribution >= 4 is 46.5 Å². The number of amides is 1. The second-order valence-electron chi connectivity index (χ2n) is 6.45. The van der Waals surface area contributed by atoms with Crippen LogP contribution in [-0.2, 0) is 11.3 Å². The third kappa shape index (κ3) is 5.13. The zero-order valence-corrected chi connectivity index (χ0v) is 17.9. The molecule has 2 aromatic heterocycles. The highest BCUT2D eigenvalue weighted by atomic mass is 35.5. The number of hydrogen-bond donors (Lipinski definition) is 1. The zero-order valence-electron chi connectivity index (χ0n) is 15.7. The van der Waals surface area contributed by atoms with Crippen molar-refractivity contribution in [3.8, 4) is 0 Å². The summed E-state index contributed by atoms with van der Waals surface area (Å²) in [5.41, 5.74) is -1.14. The van der Waals surface area contributed by atoms with Crippen molar-refractivity contribution < 1.29 is 22.4 Å². The van der Waals surface area contributed by atoms with E-state index in [1.165, 1.54) is 17.8 Å². The van der Waals surface area contributed by atoms with Crippen LogP contribution in [0.25, 0.3) is 0 Å². The van der Waals surface area contributed by atoms with Gasteiger partial charge in [-0.1, -0.05) is 46.9 Å².